The molecule has 4 nitrogen and oxygen atoms in total. The Hall–Kier alpha value is -1.13. The highest BCUT2D eigenvalue weighted by Crippen LogP contribution is 2.26. The fraction of sp³-hybridized carbons (Fsp3) is 0.706. The lowest BCUT2D eigenvalue weighted by Crippen LogP contribution is -2.55. The van der Waals surface area contributed by atoms with Crippen LogP contribution >= 0.6 is 0 Å². The molecule has 2 rings (SSSR count). The van der Waals surface area contributed by atoms with Crippen molar-refractivity contribution < 1.29 is 0 Å². The molecule has 2 unspecified atom stereocenters. The van der Waals surface area contributed by atoms with Crippen LogP contribution in [0.3, 0.4) is 0 Å². The lowest BCUT2D eigenvalue weighted by Gasteiger charge is -2.43. The molecule has 0 saturated carbocycles. The minimum Gasteiger partial charge on any atom is -0.353 e. The van der Waals surface area contributed by atoms with E-state index in [2.05, 4.69) is 62.8 Å². The van der Waals surface area contributed by atoms with Crippen LogP contribution in [0.2, 0.25) is 0 Å². The van der Waals surface area contributed by atoms with Gasteiger partial charge in [-0.05, 0) is 52.9 Å². The second kappa shape index (κ2) is 6.75. The Morgan fingerprint density at radius 1 is 1.24 bits per heavy atom. The zero-order chi connectivity index (χ0) is 15.6. The van der Waals surface area contributed by atoms with Crippen molar-refractivity contribution in [3.8, 4) is 0 Å². The van der Waals surface area contributed by atoms with Gasteiger partial charge < -0.3 is 10.2 Å². The van der Waals surface area contributed by atoms with Gasteiger partial charge >= 0.3 is 0 Å². The first-order chi connectivity index (χ1) is 9.93. The van der Waals surface area contributed by atoms with Crippen LogP contribution in [-0.2, 0) is 6.54 Å². The molecule has 0 aromatic carbocycles. The van der Waals surface area contributed by atoms with Crippen molar-refractivity contribution in [2.45, 2.75) is 53.2 Å². The number of anilines is 1. The van der Waals surface area contributed by atoms with Gasteiger partial charge in [0.25, 0.3) is 0 Å². The predicted molar refractivity (Wildman–Crippen MR) is 90.0 cm³/mol. The molecule has 118 valence electrons. The third-order valence-corrected chi connectivity index (χ3v) is 4.66. The summed E-state index contributed by atoms with van der Waals surface area (Å²) in [5, 5.41) is 3.46. The second-order valence-corrected chi connectivity index (χ2v) is 6.43. The molecular weight excluding hydrogens is 260 g/mol. The summed E-state index contributed by atoms with van der Waals surface area (Å²) in [6, 6.07) is 3.31. The Morgan fingerprint density at radius 2 is 1.86 bits per heavy atom. The summed E-state index contributed by atoms with van der Waals surface area (Å²) < 4.78 is 0. The molecular formula is C17H30N4. The van der Waals surface area contributed by atoms with E-state index in [0.717, 1.165) is 31.9 Å². The Balaban J connectivity index is 2.33. The van der Waals surface area contributed by atoms with E-state index in [9.17, 15) is 0 Å². The fourth-order valence-electron chi connectivity index (χ4n) is 3.15. The lowest BCUT2D eigenvalue weighted by atomic mass is 10.1. The smallest absolute Gasteiger partial charge is 0.133 e. The number of pyridine rings is 1. The Morgan fingerprint density at radius 3 is 2.43 bits per heavy atom. The number of hydrogen-bond donors (Lipinski definition) is 1. The standard InChI is InChI=1S/C17H30N4/c1-7-18-9-16-12(2)8-13(3)19-17(16)21-10-14(4)20(6)15(5)11-21/h8,14-15,18H,7,9-11H2,1-6H3. The number of nitrogens with zero attached hydrogens (tertiary/aromatic N) is 3. The zero-order valence-corrected chi connectivity index (χ0v) is 14.4. The maximum Gasteiger partial charge on any atom is 0.133 e. The van der Waals surface area contributed by atoms with Gasteiger partial charge in [-0.3, -0.25) is 4.90 Å². The molecule has 0 aliphatic carbocycles. The maximum atomic E-state index is 4.87. The quantitative estimate of drug-likeness (QED) is 0.922. The van der Waals surface area contributed by atoms with E-state index < -0.39 is 0 Å². The molecule has 4 heteroatoms. The molecule has 0 radical (unpaired) electrons. The topological polar surface area (TPSA) is 31.4 Å². The minimum atomic E-state index is 0.559. The van der Waals surface area contributed by atoms with E-state index >= 15 is 0 Å². The number of likely N-dealkylation sites (N-methyl/N-ethyl adjacent to an activating group) is 1. The van der Waals surface area contributed by atoms with Crippen molar-refractivity contribution in [1.82, 2.24) is 15.2 Å². The lowest BCUT2D eigenvalue weighted by molar-refractivity contribution is 0.169. The average Bonchev–Trinajstić information content (AvgIpc) is 2.42. The molecule has 1 fully saturated rings. The summed E-state index contributed by atoms with van der Waals surface area (Å²) in [5.74, 6) is 1.18. The van der Waals surface area contributed by atoms with Gasteiger partial charge in [-0.15, -0.1) is 0 Å². The summed E-state index contributed by atoms with van der Waals surface area (Å²) in [6.07, 6.45) is 0. The maximum absolute atomic E-state index is 4.87. The molecule has 0 amide bonds. The summed E-state index contributed by atoms with van der Waals surface area (Å²) in [4.78, 5) is 9.81. The molecule has 0 spiro atoms. The van der Waals surface area contributed by atoms with Crippen LogP contribution in [0.25, 0.3) is 0 Å². The summed E-state index contributed by atoms with van der Waals surface area (Å²) in [5.41, 5.74) is 3.81. The van der Waals surface area contributed by atoms with E-state index in [1.165, 1.54) is 16.9 Å². The van der Waals surface area contributed by atoms with Crippen LogP contribution in [-0.4, -0.2) is 48.6 Å². The average molecular weight is 290 g/mol. The van der Waals surface area contributed by atoms with Crippen molar-refractivity contribution in [2.75, 3.05) is 31.6 Å². The Bertz CT molecular complexity index is 474. The molecule has 1 saturated heterocycles. The normalized spacial score (nSPS) is 23.6. The molecule has 2 atom stereocenters. The molecule has 21 heavy (non-hydrogen) atoms. The van der Waals surface area contributed by atoms with Crippen molar-refractivity contribution in [1.29, 1.82) is 0 Å². The van der Waals surface area contributed by atoms with E-state index in [4.69, 9.17) is 4.98 Å². The van der Waals surface area contributed by atoms with Gasteiger partial charge in [0.1, 0.15) is 5.82 Å². The van der Waals surface area contributed by atoms with Crippen LogP contribution in [0.1, 0.15) is 37.6 Å². The van der Waals surface area contributed by atoms with E-state index in [1.54, 1.807) is 0 Å². The van der Waals surface area contributed by atoms with Crippen LogP contribution in [0, 0.1) is 13.8 Å². The molecule has 1 aromatic rings. The molecule has 0 bridgehead atoms. The number of aryl methyl sites for hydroxylation is 2. The summed E-state index contributed by atoms with van der Waals surface area (Å²) in [7, 11) is 2.22. The highest BCUT2D eigenvalue weighted by Gasteiger charge is 2.28. The number of hydrogen-bond acceptors (Lipinski definition) is 4. The van der Waals surface area contributed by atoms with E-state index in [1.807, 2.05) is 0 Å². The van der Waals surface area contributed by atoms with Crippen LogP contribution in [0.5, 0.6) is 0 Å². The number of piperazine rings is 1. The first-order valence-corrected chi connectivity index (χ1v) is 8.08. The summed E-state index contributed by atoms with van der Waals surface area (Å²) >= 11 is 0. The number of aromatic nitrogens is 1. The van der Waals surface area contributed by atoms with Crippen molar-refractivity contribution in [3.05, 3.63) is 22.9 Å². The monoisotopic (exact) mass is 290 g/mol. The largest absolute Gasteiger partial charge is 0.353 e. The van der Waals surface area contributed by atoms with Crippen molar-refractivity contribution in [3.63, 3.8) is 0 Å². The molecule has 1 N–H and O–H groups in total. The van der Waals surface area contributed by atoms with Gasteiger partial charge in [-0.1, -0.05) is 6.92 Å². The second-order valence-electron chi connectivity index (χ2n) is 6.43. The minimum absolute atomic E-state index is 0.559. The number of rotatable bonds is 4. The van der Waals surface area contributed by atoms with Crippen LogP contribution in [0.4, 0.5) is 5.82 Å². The predicted octanol–water partition coefficient (Wildman–Crippen LogP) is 2.34. The highest BCUT2D eigenvalue weighted by molar-refractivity contribution is 5.52. The Labute approximate surface area is 129 Å². The van der Waals surface area contributed by atoms with E-state index in [0.29, 0.717) is 12.1 Å². The molecule has 1 aliphatic rings. The molecule has 1 aliphatic heterocycles. The van der Waals surface area contributed by atoms with Gasteiger partial charge in [0.05, 0.1) is 0 Å². The molecule has 2 heterocycles. The van der Waals surface area contributed by atoms with Crippen LogP contribution in [0.15, 0.2) is 6.07 Å². The first-order valence-electron chi connectivity index (χ1n) is 8.08. The molecule has 1 aromatic heterocycles. The SMILES string of the molecule is CCNCc1c(C)cc(C)nc1N1CC(C)N(C)C(C)C1. The highest BCUT2D eigenvalue weighted by atomic mass is 15.3. The van der Waals surface area contributed by atoms with Crippen molar-refractivity contribution in [2.24, 2.45) is 0 Å². The van der Waals surface area contributed by atoms with Gasteiger partial charge in [0, 0.05) is 43.0 Å². The Kier molecular flexibility index (Phi) is 5.22. The third kappa shape index (κ3) is 3.55. The van der Waals surface area contributed by atoms with Gasteiger partial charge in [-0.2, -0.15) is 0 Å². The first kappa shape index (κ1) is 16.2. The van der Waals surface area contributed by atoms with E-state index in [-0.39, 0.29) is 0 Å². The van der Waals surface area contributed by atoms with Gasteiger partial charge in [0.2, 0.25) is 0 Å². The number of nitrogens with one attached hydrogen (secondary N) is 1. The zero-order valence-electron chi connectivity index (χ0n) is 14.4. The summed E-state index contributed by atoms with van der Waals surface area (Å²) in [6.45, 7) is 15.0. The van der Waals surface area contributed by atoms with Gasteiger partial charge in [0.15, 0.2) is 0 Å². The van der Waals surface area contributed by atoms with Crippen LogP contribution < -0.4 is 10.2 Å². The third-order valence-electron chi connectivity index (χ3n) is 4.66. The van der Waals surface area contributed by atoms with Crippen molar-refractivity contribution >= 4 is 5.82 Å². The van der Waals surface area contributed by atoms with Gasteiger partial charge in [-0.25, -0.2) is 4.98 Å². The fourth-order valence-corrected chi connectivity index (χ4v) is 3.15.